The normalized spacial score (nSPS) is 16.8. The number of benzene rings is 1. The van der Waals surface area contributed by atoms with Crippen LogP contribution in [-0.4, -0.2) is 33.0 Å². The highest BCUT2D eigenvalue weighted by Crippen LogP contribution is 2.38. The first-order chi connectivity index (χ1) is 15.6. The summed E-state index contributed by atoms with van der Waals surface area (Å²) < 4.78 is 13.6. The van der Waals surface area contributed by atoms with E-state index in [-0.39, 0.29) is 17.8 Å². The number of thiophene rings is 1. The molecule has 1 atom stereocenters. The Hall–Kier alpha value is -3.03. The van der Waals surface area contributed by atoms with Crippen molar-refractivity contribution in [3.8, 4) is 17.6 Å². The number of nitriles is 1. The van der Waals surface area contributed by atoms with Gasteiger partial charge >= 0.3 is 0 Å². The number of aryl methyl sites for hydroxylation is 1. The molecule has 0 fully saturated rings. The molecule has 8 nitrogen and oxygen atoms in total. The molecule has 0 radical (unpaired) electrons. The standard InChI is InChI=1S/C22H21N5O3S2/c1-27-20(17-11-29-15-7-3-4-8-16(15)30-17)25-26-22(27)31-12-19(28)24-21-14(10-23)13-6-2-5-9-18(13)32-21/h3-4,7-8,17H,2,5-6,9,11-12H2,1H3,(H,24,28). The van der Waals surface area contributed by atoms with Crippen molar-refractivity contribution < 1.29 is 14.3 Å². The summed E-state index contributed by atoms with van der Waals surface area (Å²) in [7, 11) is 1.85. The van der Waals surface area contributed by atoms with Crippen LogP contribution in [0.1, 0.15) is 40.8 Å². The maximum Gasteiger partial charge on any atom is 0.235 e. The van der Waals surface area contributed by atoms with Crippen LogP contribution in [0.2, 0.25) is 0 Å². The molecule has 1 amide bonds. The van der Waals surface area contributed by atoms with Crippen molar-refractivity contribution in [1.82, 2.24) is 14.8 Å². The summed E-state index contributed by atoms with van der Waals surface area (Å²) in [6, 6.07) is 9.79. The van der Waals surface area contributed by atoms with Crippen LogP contribution in [0.25, 0.3) is 0 Å². The number of fused-ring (bicyclic) bond motifs is 2. The van der Waals surface area contributed by atoms with E-state index in [4.69, 9.17) is 9.47 Å². The van der Waals surface area contributed by atoms with Gasteiger partial charge in [-0.05, 0) is 43.4 Å². The number of thioether (sulfide) groups is 1. The molecule has 2 aromatic heterocycles. The zero-order valence-corrected chi connectivity index (χ0v) is 19.1. The number of carbonyl (C=O) groups excluding carboxylic acids is 1. The first-order valence-corrected chi connectivity index (χ1v) is 12.2. The van der Waals surface area contributed by atoms with Gasteiger partial charge in [-0.15, -0.1) is 21.5 Å². The summed E-state index contributed by atoms with van der Waals surface area (Å²) in [6.45, 7) is 0.341. The Bertz CT molecular complexity index is 1210. The number of amides is 1. The van der Waals surface area contributed by atoms with Crippen LogP contribution in [-0.2, 0) is 24.7 Å². The lowest BCUT2D eigenvalue weighted by atomic mass is 9.96. The number of anilines is 1. The van der Waals surface area contributed by atoms with Crippen LogP contribution in [0.15, 0.2) is 29.4 Å². The molecule has 3 heterocycles. The fourth-order valence-electron chi connectivity index (χ4n) is 3.94. The molecule has 0 bridgehead atoms. The summed E-state index contributed by atoms with van der Waals surface area (Å²) >= 11 is 2.83. The van der Waals surface area contributed by atoms with E-state index in [1.165, 1.54) is 28.0 Å². The fraction of sp³-hybridized carbons (Fsp3) is 0.364. The van der Waals surface area contributed by atoms with E-state index in [9.17, 15) is 10.1 Å². The number of nitrogens with one attached hydrogen (secondary N) is 1. The highest BCUT2D eigenvalue weighted by molar-refractivity contribution is 7.99. The molecular formula is C22H21N5O3S2. The third-order valence-electron chi connectivity index (χ3n) is 5.53. The first kappa shape index (κ1) is 20.8. The van der Waals surface area contributed by atoms with E-state index < -0.39 is 0 Å². The van der Waals surface area contributed by atoms with Crippen LogP contribution in [0.5, 0.6) is 11.5 Å². The zero-order valence-electron chi connectivity index (χ0n) is 17.5. The second kappa shape index (κ2) is 8.84. The third kappa shape index (κ3) is 3.94. The van der Waals surface area contributed by atoms with Gasteiger partial charge in [-0.1, -0.05) is 23.9 Å². The average Bonchev–Trinajstić information content (AvgIpc) is 3.36. The van der Waals surface area contributed by atoms with Gasteiger partial charge in [0.25, 0.3) is 0 Å². The Labute approximate surface area is 193 Å². The molecule has 164 valence electrons. The van der Waals surface area contributed by atoms with Gasteiger partial charge in [0.05, 0.1) is 11.3 Å². The van der Waals surface area contributed by atoms with Crippen LogP contribution in [0, 0.1) is 11.3 Å². The van der Waals surface area contributed by atoms with E-state index in [1.54, 1.807) is 0 Å². The molecule has 2 aliphatic rings. The monoisotopic (exact) mass is 467 g/mol. The molecule has 1 aromatic carbocycles. The molecular weight excluding hydrogens is 446 g/mol. The number of hydrogen-bond donors (Lipinski definition) is 1. The predicted molar refractivity (Wildman–Crippen MR) is 121 cm³/mol. The van der Waals surface area contributed by atoms with Gasteiger partial charge in [-0.2, -0.15) is 5.26 Å². The lowest BCUT2D eigenvalue weighted by Gasteiger charge is -2.25. The Morgan fingerprint density at radius 2 is 2.12 bits per heavy atom. The van der Waals surface area contributed by atoms with Crippen molar-refractivity contribution in [2.24, 2.45) is 7.05 Å². The average molecular weight is 468 g/mol. The predicted octanol–water partition coefficient (Wildman–Crippen LogP) is 3.87. The van der Waals surface area contributed by atoms with Crippen molar-refractivity contribution in [3.05, 3.63) is 46.1 Å². The quantitative estimate of drug-likeness (QED) is 0.568. The lowest BCUT2D eigenvalue weighted by molar-refractivity contribution is -0.113. The summed E-state index contributed by atoms with van der Waals surface area (Å²) in [4.78, 5) is 13.8. The van der Waals surface area contributed by atoms with E-state index in [2.05, 4.69) is 21.6 Å². The maximum atomic E-state index is 12.6. The second-order valence-electron chi connectivity index (χ2n) is 7.63. The highest BCUT2D eigenvalue weighted by atomic mass is 32.2. The van der Waals surface area contributed by atoms with Gasteiger partial charge in [0.1, 0.15) is 17.7 Å². The summed E-state index contributed by atoms with van der Waals surface area (Å²) in [5.41, 5.74) is 1.74. The minimum absolute atomic E-state index is 0.166. The topological polar surface area (TPSA) is 102 Å². The lowest BCUT2D eigenvalue weighted by Crippen LogP contribution is -2.24. The molecule has 5 rings (SSSR count). The van der Waals surface area contributed by atoms with Crippen molar-refractivity contribution in [2.45, 2.75) is 36.9 Å². The van der Waals surface area contributed by atoms with E-state index >= 15 is 0 Å². The van der Waals surface area contributed by atoms with Gasteiger partial charge in [0.2, 0.25) is 5.91 Å². The minimum atomic E-state index is -0.374. The third-order valence-corrected chi connectivity index (χ3v) is 7.76. The molecule has 3 aromatic rings. The van der Waals surface area contributed by atoms with Gasteiger partial charge in [0, 0.05) is 11.9 Å². The Balaban J connectivity index is 1.23. The number of hydrogen-bond acceptors (Lipinski definition) is 8. The largest absolute Gasteiger partial charge is 0.485 e. The Morgan fingerprint density at radius 1 is 1.31 bits per heavy atom. The van der Waals surface area contributed by atoms with Gasteiger partial charge in [-0.3, -0.25) is 4.79 Å². The minimum Gasteiger partial charge on any atom is -0.485 e. The summed E-state index contributed by atoms with van der Waals surface area (Å²) in [5.74, 6) is 2.03. The maximum absolute atomic E-state index is 12.6. The van der Waals surface area contributed by atoms with Crippen LogP contribution < -0.4 is 14.8 Å². The van der Waals surface area contributed by atoms with E-state index in [0.717, 1.165) is 31.2 Å². The zero-order chi connectivity index (χ0) is 22.1. The smallest absolute Gasteiger partial charge is 0.235 e. The van der Waals surface area contributed by atoms with Gasteiger partial charge in [-0.25, -0.2) is 0 Å². The molecule has 32 heavy (non-hydrogen) atoms. The van der Waals surface area contributed by atoms with E-state index in [1.807, 2.05) is 35.9 Å². The molecule has 0 saturated carbocycles. The van der Waals surface area contributed by atoms with Crippen molar-refractivity contribution in [2.75, 3.05) is 17.7 Å². The fourth-order valence-corrected chi connectivity index (χ4v) is 5.92. The summed E-state index contributed by atoms with van der Waals surface area (Å²) in [6.07, 6.45) is 3.76. The molecule has 10 heteroatoms. The number of aromatic nitrogens is 3. The van der Waals surface area contributed by atoms with Gasteiger partial charge < -0.3 is 19.4 Å². The number of carbonyl (C=O) groups is 1. The van der Waals surface area contributed by atoms with Gasteiger partial charge in [0.15, 0.2) is 28.6 Å². The number of ether oxygens (including phenoxy) is 2. The number of para-hydroxylation sites is 2. The Kier molecular flexibility index (Phi) is 5.76. The van der Waals surface area contributed by atoms with E-state index in [0.29, 0.717) is 39.7 Å². The number of nitrogens with zero attached hydrogens (tertiary/aromatic N) is 4. The molecule has 1 N–H and O–H groups in total. The molecule has 1 aliphatic heterocycles. The highest BCUT2D eigenvalue weighted by Gasteiger charge is 2.28. The molecule has 0 spiro atoms. The molecule has 0 saturated heterocycles. The van der Waals surface area contributed by atoms with Crippen LogP contribution in [0.4, 0.5) is 5.00 Å². The SMILES string of the molecule is Cn1c(SCC(=O)Nc2sc3c(c2C#N)CCCC3)nnc1C1COc2ccccc2O1. The molecule has 1 unspecified atom stereocenters. The van der Waals surface area contributed by atoms with Crippen molar-refractivity contribution >= 4 is 34.0 Å². The number of rotatable bonds is 5. The van der Waals surface area contributed by atoms with Crippen LogP contribution in [0.3, 0.4) is 0 Å². The van der Waals surface area contributed by atoms with Crippen molar-refractivity contribution in [1.29, 1.82) is 5.26 Å². The van der Waals surface area contributed by atoms with Crippen LogP contribution >= 0.6 is 23.1 Å². The molecule has 1 aliphatic carbocycles. The summed E-state index contributed by atoms with van der Waals surface area (Å²) in [5, 5.41) is 22.2. The Morgan fingerprint density at radius 3 is 2.97 bits per heavy atom. The van der Waals surface area contributed by atoms with Crippen molar-refractivity contribution in [3.63, 3.8) is 0 Å². The second-order valence-corrected chi connectivity index (χ2v) is 9.68. The first-order valence-electron chi connectivity index (χ1n) is 10.4.